The van der Waals surface area contributed by atoms with E-state index in [0.29, 0.717) is 12.0 Å². The average Bonchev–Trinajstić information content (AvgIpc) is 3.10. The summed E-state index contributed by atoms with van der Waals surface area (Å²) in [6.07, 6.45) is 6.99. The molecule has 2 aliphatic rings. The van der Waals surface area contributed by atoms with Crippen molar-refractivity contribution < 1.29 is 19.1 Å². The summed E-state index contributed by atoms with van der Waals surface area (Å²) in [6, 6.07) is 0.318. The Balaban J connectivity index is 1.69. The third-order valence-electron chi connectivity index (χ3n) is 5.40. The van der Waals surface area contributed by atoms with Crippen molar-refractivity contribution in [1.82, 2.24) is 10.2 Å². The van der Waals surface area contributed by atoms with E-state index in [1.165, 1.54) is 6.42 Å². The molecule has 0 aromatic carbocycles. The number of carbonyl (C=O) groups excluding carboxylic acids is 2. The molecule has 2 atom stereocenters. The zero-order valence-electron chi connectivity index (χ0n) is 16.7. The molecular weight excluding hydrogens is 332 g/mol. The van der Waals surface area contributed by atoms with Crippen LogP contribution in [0.1, 0.15) is 65.7 Å². The molecule has 26 heavy (non-hydrogen) atoms. The maximum Gasteiger partial charge on any atom is 0.323 e. The van der Waals surface area contributed by atoms with Gasteiger partial charge < -0.3 is 14.8 Å². The van der Waals surface area contributed by atoms with Gasteiger partial charge in [-0.3, -0.25) is 14.5 Å². The molecule has 2 rings (SSSR count). The van der Waals surface area contributed by atoms with E-state index in [1.54, 1.807) is 0 Å². The number of ether oxygens (including phenoxy) is 2. The van der Waals surface area contributed by atoms with Crippen molar-refractivity contribution in [3.63, 3.8) is 0 Å². The summed E-state index contributed by atoms with van der Waals surface area (Å²) in [5.41, 5.74) is 0. The van der Waals surface area contributed by atoms with E-state index < -0.39 is 0 Å². The van der Waals surface area contributed by atoms with E-state index in [2.05, 4.69) is 24.1 Å². The van der Waals surface area contributed by atoms with Gasteiger partial charge in [-0.05, 0) is 51.5 Å². The molecule has 6 heteroatoms. The Labute approximate surface area is 158 Å². The predicted molar refractivity (Wildman–Crippen MR) is 101 cm³/mol. The van der Waals surface area contributed by atoms with Gasteiger partial charge in [-0.2, -0.15) is 0 Å². The molecule has 2 aliphatic heterocycles. The van der Waals surface area contributed by atoms with Gasteiger partial charge in [0.25, 0.3) is 5.91 Å². The Bertz CT molecular complexity index is 449. The number of amides is 1. The summed E-state index contributed by atoms with van der Waals surface area (Å²) in [5.74, 6) is 0.228. The molecule has 2 saturated heterocycles. The minimum Gasteiger partial charge on any atom is -0.454 e. The van der Waals surface area contributed by atoms with Crippen molar-refractivity contribution in [3.8, 4) is 0 Å². The van der Waals surface area contributed by atoms with E-state index in [0.717, 1.165) is 58.3 Å². The SMILES string of the molecule is CC(C)CCC[C@H](C)NC(=O)COC(=O)[C@H]1CCCN1C1CCOCC1. The van der Waals surface area contributed by atoms with Gasteiger partial charge in [0.1, 0.15) is 6.04 Å². The van der Waals surface area contributed by atoms with E-state index in [-0.39, 0.29) is 30.6 Å². The first-order chi connectivity index (χ1) is 12.5. The highest BCUT2D eigenvalue weighted by atomic mass is 16.5. The first-order valence-corrected chi connectivity index (χ1v) is 10.3. The summed E-state index contributed by atoms with van der Waals surface area (Å²) in [6.45, 7) is 8.70. The number of hydrogen-bond acceptors (Lipinski definition) is 5. The summed E-state index contributed by atoms with van der Waals surface area (Å²) < 4.78 is 10.7. The first-order valence-electron chi connectivity index (χ1n) is 10.3. The quantitative estimate of drug-likeness (QED) is 0.634. The number of hydrogen-bond donors (Lipinski definition) is 1. The molecule has 6 nitrogen and oxygen atoms in total. The fourth-order valence-corrected chi connectivity index (χ4v) is 3.95. The second-order valence-electron chi connectivity index (χ2n) is 8.14. The third-order valence-corrected chi connectivity index (χ3v) is 5.40. The van der Waals surface area contributed by atoms with Crippen LogP contribution < -0.4 is 5.32 Å². The Morgan fingerprint density at radius 2 is 1.88 bits per heavy atom. The van der Waals surface area contributed by atoms with E-state index in [4.69, 9.17) is 9.47 Å². The minimum absolute atomic E-state index is 0.116. The van der Waals surface area contributed by atoms with Crippen molar-refractivity contribution in [2.24, 2.45) is 5.92 Å². The summed E-state index contributed by atoms with van der Waals surface area (Å²) >= 11 is 0. The largest absolute Gasteiger partial charge is 0.454 e. The molecule has 150 valence electrons. The van der Waals surface area contributed by atoms with Crippen molar-refractivity contribution in [2.75, 3.05) is 26.4 Å². The molecular formula is C20H36N2O4. The molecule has 0 spiro atoms. The molecule has 0 radical (unpaired) electrons. The predicted octanol–water partition coefficient (Wildman–Crippen LogP) is 2.50. The number of rotatable bonds is 9. The van der Waals surface area contributed by atoms with Crippen LogP contribution in [0.2, 0.25) is 0 Å². The molecule has 1 amide bonds. The monoisotopic (exact) mass is 368 g/mol. The summed E-state index contributed by atoms with van der Waals surface area (Å²) in [7, 11) is 0. The molecule has 0 aromatic heterocycles. The topological polar surface area (TPSA) is 67.9 Å². The lowest BCUT2D eigenvalue weighted by Crippen LogP contribution is -2.47. The standard InChI is InChI=1S/C20H36N2O4/c1-15(2)6-4-7-16(3)21-19(23)14-26-20(24)18-8-5-11-22(18)17-9-12-25-13-10-17/h15-18H,4-14H2,1-3H3,(H,21,23)/t16-,18+/m0/s1. The molecule has 0 aromatic rings. The van der Waals surface area contributed by atoms with Crippen LogP contribution in [-0.4, -0.2) is 61.3 Å². The van der Waals surface area contributed by atoms with Crippen molar-refractivity contribution in [3.05, 3.63) is 0 Å². The van der Waals surface area contributed by atoms with Gasteiger partial charge in [-0.15, -0.1) is 0 Å². The second kappa shape index (κ2) is 10.9. The van der Waals surface area contributed by atoms with Crippen LogP contribution in [0.4, 0.5) is 0 Å². The molecule has 2 fully saturated rings. The molecule has 0 unspecified atom stereocenters. The zero-order valence-corrected chi connectivity index (χ0v) is 16.7. The highest BCUT2D eigenvalue weighted by Gasteiger charge is 2.37. The molecule has 2 heterocycles. The molecule has 1 N–H and O–H groups in total. The number of esters is 1. The third kappa shape index (κ3) is 6.88. The van der Waals surface area contributed by atoms with Crippen LogP contribution >= 0.6 is 0 Å². The molecule has 0 bridgehead atoms. The smallest absolute Gasteiger partial charge is 0.323 e. The van der Waals surface area contributed by atoms with E-state index >= 15 is 0 Å². The summed E-state index contributed by atoms with van der Waals surface area (Å²) in [5, 5.41) is 2.93. The van der Waals surface area contributed by atoms with Gasteiger partial charge in [0.2, 0.25) is 0 Å². The fraction of sp³-hybridized carbons (Fsp3) is 0.900. The van der Waals surface area contributed by atoms with Gasteiger partial charge in [0.15, 0.2) is 6.61 Å². The highest BCUT2D eigenvalue weighted by molar-refractivity contribution is 5.82. The van der Waals surface area contributed by atoms with Gasteiger partial charge >= 0.3 is 5.97 Å². The maximum atomic E-state index is 12.5. The molecule has 0 saturated carbocycles. The first kappa shape index (κ1) is 21.2. The van der Waals surface area contributed by atoms with Crippen LogP contribution in [0.25, 0.3) is 0 Å². The number of nitrogens with one attached hydrogen (secondary N) is 1. The van der Waals surface area contributed by atoms with E-state index in [1.807, 2.05) is 6.92 Å². The molecule has 0 aliphatic carbocycles. The number of likely N-dealkylation sites (tertiary alicyclic amines) is 1. The summed E-state index contributed by atoms with van der Waals surface area (Å²) in [4.78, 5) is 26.8. The lowest BCUT2D eigenvalue weighted by molar-refractivity contribution is -0.154. The van der Waals surface area contributed by atoms with E-state index in [9.17, 15) is 9.59 Å². The normalized spacial score (nSPS) is 23.2. The zero-order chi connectivity index (χ0) is 18.9. The highest BCUT2D eigenvalue weighted by Crippen LogP contribution is 2.26. The van der Waals surface area contributed by atoms with Crippen molar-refractivity contribution in [2.45, 2.75) is 83.8 Å². The van der Waals surface area contributed by atoms with Gasteiger partial charge in [-0.1, -0.05) is 26.7 Å². The van der Waals surface area contributed by atoms with Crippen LogP contribution in [-0.2, 0) is 19.1 Å². The Morgan fingerprint density at radius 3 is 2.58 bits per heavy atom. The lowest BCUT2D eigenvalue weighted by Gasteiger charge is -2.34. The van der Waals surface area contributed by atoms with Crippen LogP contribution in [0.5, 0.6) is 0 Å². The van der Waals surface area contributed by atoms with Crippen molar-refractivity contribution in [1.29, 1.82) is 0 Å². The van der Waals surface area contributed by atoms with Gasteiger partial charge in [0.05, 0.1) is 0 Å². The second-order valence-corrected chi connectivity index (χ2v) is 8.14. The maximum absolute atomic E-state index is 12.5. The van der Waals surface area contributed by atoms with Gasteiger partial charge in [-0.25, -0.2) is 0 Å². The average molecular weight is 369 g/mol. The Hall–Kier alpha value is -1.14. The van der Waals surface area contributed by atoms with Crippen LogP contribution in [0.15, 0.2) is 0 Å². The van der Waals surface area contributed by atoms with Gasteiger partial charge in [0, 0.05) is 25.3 Å². The number of nitrogens with zero attached hydrogens (tertiary/aromatic N) is 1. The lowest BCUT2D eigenvalue weighted by atomic mass is 10.0. The van der Waals surface area contributed by atoms with Crippen molar-refractivity contribution >= 4 is 11.9 Å². The Morgan fingerprint density at radius 1 is 1.15 bits per heavy atom. The Kier molecular flexibility index (Phi) is 8.85. The minimum atomic E-state index is -0.253. The fourth-order valence-electron chi connectivity index (χ4n) is 3.95. The van der Waals surface area contributed by atoms with Crippen LogP contribution in [0, 0.1) is 5.92 Å². The van der Waals surface area contributed by atoms with Crippen LogP contribution in [0.3, 0.4) is 0 Å². The number of carbonyl (C=O) groups is 2.